The molecule has 0 aliphatic heterocycles. The zero-order valence-corrected chi connectivity index (χ0v) is 8.27. The van der Waals surface area contributed by atoms with Gasteiger partial charge >= 0.3 is 0 Å². The Bertz CT molecular complexity index is 464. The standard InChI is InChI=1S/C10H10N4O/c1-2-8-7(6-15)10(14-13-8)9-5-11-3-4-12-9/h3-6H,2H2,1H3,(H,13,14). The van der Waals surface area contributed by atoms with E-state index in [1.54, 1.807) is 18.6 Å². The van der Waals surface area contributed by atoms with Gasteiger partial charge in [0.15, 0.2) is 6.29 Å². The highest BCUT2D eigenvalue weighted by Crippen LogP contribution is 2.19. The molecule has 15 heavy (non-hydrogen) atoms. The number of hydrogen-bond donors (Lipinski definition) is 1. The summed E-state index contributed by atoms with van der Waals surface area (Å²) in [6, 6.07) is 0. The van der Waals surface area contributed by atoms with Crippen LogP contribution in [0.3, 0.4) is 0 Å². The maximum atomic E-state index is 10.9. The first-order chi connectivity index (χ1) is 7.36. The lowest BCUT2D eigenvalue weighted by Gasteiger charge is -1.95. The largest absolute Gasteiger partial charge is 0.298 e. The van der Waals surface area contributed by atoms with Crippen LogP contribution < -0.4 is 0 Å². The van der Waals surface area contributed by atoms with Crippen LogP contribution in [0.25, 0.3) is 11.4 Å². The molecule has 2 rings (SSSR count). The molecule has 0 saturated carbocycles. The molecule has 5 heteroatoms. The van der Waals surface area contributed by atoms with Crippen molar-refractivity contribution < 1.29 is 4.79 Å². The van der Waals surface area contributed by atoms with Crippen LogP contribution in [0.15, 0.2) is 18.6 Å². The molecule has 5 nitrogen and oxygen atoms in total. The molecular formula is C10H10N4O. The average Bonchev–Trinajstić information content (AvgIpc) is 2.72. The number of aldehydes is 1. The number of carbonyl (C=O) groups excluding carboxylic acids is 1. The van der Waals surface area contributed by atoms with E-state index in [9.17, 15) is 4.79 Å². The number of aryl methyl sites for hydroxylation is 1. The Hall–Kier alpha value is -2.04. The van der Waals surface area contributed by atoms with E-state index in [4.69, 9.17) is 0 Å². The van der Waals surface area contributed by atoms with Gasteiger partial charge in [-0.15, -0.1) is 0 Å². The molecule has 2 aromatic rings. The third-order valence-corrected chi connectivity index (χ3v) is 2.16. The average molecular weight is 202 g/mol. The first-order valence-electron chi connectivity index (χ1n) is 4.65. The molecule has 0 amide bonds. The van der Waals surface area contributed by atoms with Crippen LogP contribution in [-0.2, 0) is 6.42 Å². The molecule has 1 N–H and O–H groups in total. The Morgan fingerprint density at radius 1 is 1.47 bits per heavy atom. The number of hydrogen-bond acceptors (Lipinski definition) is 4. The SMILES string of the molecule is CCc1[nH]nc(-c2cnccn2)c1C=O. The van der Waals surface area contributed by atoms with Crippen molar-refractivity contribution in [1.29, 1.82) is 0 Å². The van der Waals surface area contributed by atoms with Crippen molar-refractivity contribution in [3.05, 3.63) is 29.8 Å². The molecular weight excluding hydrogens is 192 g/mol. The fourth-order valence-electron chi connectivity index (χ4n) is 1.40. The molecule has 2 aromatic heterocycles. The molecule has 0 atom stereocenters. The van der Waals surface area contributed by atoms with Gasteiger partial charge in [0.2, 0.25) is 0 Å². The minimum absolute atomic E-state index is 0.565. The number of nitrogens with one attached hydrogen (secondary N) is 1. The summed E-state index contributed by atoms with van der Waals surface area (Å²) in [6.07, 6.45) is 6.28. The van der Waals surface area contributed by atoms with E-state index in [2.05, 4.69) is 20.2 Å². The third-order valence-electron chi connectivity index (χ3n) is 2.16. The van der Waals surface area contributed by atoms with Crippen molar-refractivity contribution >= 4 is 6.29 Å². The van der Waals surface area contributed by atoms with Gasteiger partial charge in [-0.25, -0.2) is 0 Å². The van der Waals surface area contributed by atoms with Crippen LogP contribution in [0, 0.1) is 0 Å². The predicted molar refractivity (Wildman–Crippen MR) is 54.4 cm³/mol. The van der Waals surface area contributed by atoms with Gasteiger partial charge in [0.1, 0.15) is 11.4 Å². The van der Waals surface area contributed by atoms with Crippen LogP contribution in [0.1, 0.15) is 23.0 Å². The summed E-state index contributed by atoms with van der Waals surface area (Å²) in [5.41, 5.74) is 2.56. The fourth-order valence-corrected chi connectivity index (χ4v) is 1.40. The van der Waals surface area contributed by atoms with Crippen LogP contribution in [0.4, 0.5) is 0 Å². The molecule has 0 spiro atoms. The molecule has 0 aliphatic carbocycles. The van der Waals surface area contributed by atoms with Crippen LogP contribution in [0.2, 0.25) is 0 Å². The van der Waals surface area contributed by atoms with E-state index in [1.165, 1.54) is 0 Å². The number of H-pyrrole nitrogens is 1. The van der Waals surface area contributed by atoms with Crippen molar-refractivity contribution in [3.8, 4) is 11.4 Å². The molecule has 0 saturated heterocycles. The molecule has 2 heterocycles. The Kier molecular flexibility index (Phi) is 2.53. The van der Waals surface area contributed by atoms with E-state index in [0.29, 0.717) is 17.0 Å². The van der Waals surface area contributed by atoms with E-state index in [0.717, 1.165) is 18.4 Å². The van der Waals surface area contributed by atoms with Crippen LogP contribution >= 0.6 is 0 Å². The predicted octanol–water partition coefficient (Wildman–Crippen LogP) is 1.24. The topological polar surface area (TPSA) is 71.5 Å². The summed E-state index contributed by atoms with van der Waals surface area (Å²) in [7, 11) is 0. The summed E-state index contributed by atoms with van der Waals surface area (Å²) < 4.78 is 0. The Morgan fingerprint density at radius 3 is 2.93 bits per heavy atom. The molecule has 0 aliphatic rings. The minimum atomic E-state index is 0.565. The smallest absolute Gasteiger partial charge is 0.154 e. The van der Waals surface area contributed by atoms with Gasteiger partial charge in [0, 0.05) is 18.1 Å². The summed E-state index contributed by atoms with van der Waals surface area (Å²) in [6.45, 7) is 1.96. The number of rotatable bonds is 3. The van der Waals surface area contributed by atoms with E-state index < -0.39 is 0 Å². The van der Waals surface area contributed by atoms with Crippen LogP contribution in [0.5, 0.6) is 0 Å². The highest BCUT2D eigenvalue weighted by atomic mass is 16.1. The molecule has 76 valence electrons. The second kappa shape index (κ2) is 4.00. The van der Waals surface area contributed by atoms with E-state index >= 15 is 0 Å². The second-order valence-corrected chi connectivity index (χ2v) is 3.03. The molecule has 0 bridgehead atoms. The number of aromatic amines is 1. The zero-order chi connectivity index (χ0) is 10.7. The van der Waals surface area contributed by atoms with Crippen LogP contribution in [-0.4, -0.2) is 26.5 Å². The second-order valence-electron chi connectivity index (χ2n) is 3.03. The molecule has 0 aromatic carbocycles. The number of nitrogens with zero attached hydrogens (tertiary/aromatic N) is 3. The number of aromatic nitrogens is 4. The van der Waals surface area contributed by atoms with Crippen molar-refractivity contribution in [2.45, 2.75) is 13.3 Å². The van der Waals surface area contributed by atoms with Crippen molar-refractivity contribution in [1.82, 2.24) is 20.2 Å². The van der Waals surface area contributed by atoms with Crippen molar-refractivity contribution in [2.24, 2.45) is 0 Å². The zero-order valence-electron chi connectivity index (χ0n) is 8.27. The minimum Gasteiger partial charge on any atom is -0.298 e. The molecule has 0 radical (unpaired) electrons. The van der Waals surface area contributed by atoms with Gasteiger partial charge in [-0.3, -0.25) is 19.9 Å². The lowest BCUT2D eigenvalue weighted by atomic mass is 10.1. The van der Waals surface area contributed by atoms with Crippen molar-refractivity contribution in [3.63, 3.8) is 0 Å². The van der Waals surface area contributed by atoms with E-state index in [-0.39, 0.29) is 0 Å². The summed E-state index contributed by atoms with van der Waals surface area (Å²) >= 11 is 0. The Labute approximate surface area is 86.6 Å². The van der Waals surface area contributed by atoms with Gasteiger partial charge in [-0.05, 0) is 6.42 Å². The van der Waals surface area contributed by atoms with Gasteiger partial charge in [0.05, 0.1) is 11.8 Å². The van der Waals surface area contributed by atoms with Gasteiger partial charge < -0.3 is 0 Å². The summed E-state index contributed by atoms with van der Waals surface area (Å²) in [4.78, 5) is 19.0. The normalized spacial score (nSPS) is 10.2. The summed E-state index contributed by atoms with van der Waals surface area (Å²) in [5.74, 6) is 0. The monoisotopic (exact) mass is 202 g/mol. The maximum Gasteiger partial charge on any atom is 0.154 e. The Balaban J connectivity index is 2.54. The Morgan fingerprint density at radius 2 is 2.33 bits per heavy atom. The first-order valence-corrected chi connectivity index (χ1v) is 4.65. The maximum absolute atomic E-state index is 10.9. The lowest BCUT2D eigenvalue weighted by molar-refractivity contribution is 0.112. The van der Waals surface area contributed by atoms with Crippen molar-refractivity contribution in [2.75, 3.05) is 0 Å². The fraction of sp³-hybridized carbons (Fsp3) is 0.200. The van der Waals surface area contributed by atoms with Gasteiger partial charge in [-0.1, -0.05) is 6.92 Å². The highest BCUT2D eigenvalue weighted by Gasteiger charge is 2.13. The molecule has 0 unspecified atom stereocenters. The van der Waals surface area contributed by atoms with Gasteiger partial charge in [0.25, 0.3) is 0 Å². The lowest BCUT2D eigenvalue weighted by Crippen LogP contribution is -1.91. The quantitative estimate of drug-likeness (QED) is 0.760. The highest BCUT2D eigenvalue weighted by molar-refractivity contribution is 5.86. The first kappa shape index (κ1) is 9.51. The summed E-state index contributed by atoms with van der Waals surface area (Å²) in [5, 5.41) is 6.89. The third kappa shape index (κ3) is 1.63. The van der Waals surface area contributed by atoms with Gasteiger partial charge in [-0.2, -0.15) is 5.10 Å². The number of carbonyl (C=O) groups is 1. The van der Waals surface area contributed by atoms with E-state index in [1.807, 2.05) is 6.92 Å². The molecule has 0 fully saturated rings.